The summed E-state index contributed by atoms with van der Waals surface area (Å²) in [7, 11) is 1.50. The Morgan fingerprint density at radius 3 is 2.82 bits per heavy atom. The van der Waals surface area contributed by atoms with Crippen LogP contribution in [-0.4, -0.2) is 82.2 Å². The van der Waals surface area contributed by atoms with Crippen LogP contribution in [0.5, 0.6) is 0 Å². The number of hydrogen-bond acceptors (Lipinski definition) is 9. The van der Waals surface area contributed by atoms with Gasteiger partial charge in [-0.05, 0) is 63.8 Å². The van der Waals surface area contributed by atoms with E-state index in [1.165, 1.54) is 11.9 Å². The first-order valence-corrected chi connectivity index (χ1v) is 11.8. The normalized spacial score (nSPS) is 28.2. The van der Waals surface area contributed by atoms with Crippen LogP contribution in [0.4, 0.5) is 0 Å². The molecule has 1 aliphatic heterocycles. The molecular weight excluding hydrogens is 428 g/mol. The summed E-state index contributed by atoms with van der Waals surface area (Å²) < 4.78 is 19.1. The van der Waals surface area contributed by atoms with Crippen molar-refractivity contribution in [2.45, 2.75) is 70.9 Å². The fraction of sp³-hybridized carbons (Fsp3) is 0.818. The van der Waals surface area contributed by atoms with E-state index in [-0.39, 0.29) is 31.4 Å². The lowest BCUT2D eigenvalue weighted by atomic mass is 9.69. The molecule has 2 aliphatic rings. The highest BCUT2D eigenvalue weighted by atomic mass is 16.5. The van der Waals surface area contributed by atoms with Crippen LogP contribution in [0.25, 0.3) is 0 Å². The molecule has 1 amide bonds. The first-order chi connectivity index (χ1) is 16.2. The van der Waals surface area contributed by atoms with E-state index < -0.39 is 24.1 Å². The van der Waals surface area contributed by atoms with Gasteiger partial charge in [0.15, 0.2) is 5.82 Å². The molecule has 1 saturated heterocycles. The molecule has 2 N–H and O–H groups in total. The van der Waals surface area contributed by atoms with E-state index in [1.54, 1.807) is 13.8 Å². The molecule has 2 fully saturated rings. The van der Waals surface area contributed by atoms with E-state index in [9.17, 15) is 14.4 Å². The molecule has 33 heavy (non-hydrogen) atoms. The molecule has 0 spiro atoms. The highest BCUT2D eigenvalue weighted by Crippen LogP contribution is 2.40. The fourth-order valence-electron chi connectivity index (χ4n) is 4.76. The second-order valence-electron chi connectivity index (χ2n) is 9.10. The van der Waals surface area contributed by atoms with Crippen molar-refractivity contribution in [1.29, 1.82) is 0 Å². The highest BCUT2D eigenvalue weighted by Gasteiger charge is 2.38. The summed E-state index contributed by atoms with van der Waals surface area (Å²) in [5, 5.41) is 17.2. The Morgan fingerprint density at radius 2 is 2.09 bits per heavy atom. The minimum Gasteiger partial charge on any atom is -0.465 e. The van der Waals surface area contributed by atoms with Crippen molar-refractivity contribution >= 4 is 17.8 Å². The molecule has 0 unspecified atom stereocenters. The van der Waals surface area contributed by atoms with Crippen molar-refractivity contribution < 1.29 is 25.2 Å². The van der Waals surface area contributed by atoms with Crippen LogP contribution in [0, 0.1) is 17.8 Å². The number of fused-ring (bicyclic) bond motifs is 1. The number of aryl methyl sites for hydroxylation is 1. The molecule has 1 aromatic rings. The quantitative estimate of drug-likeness (QED) is 0.482. The number of piperidine rings is 1. The third-order valence-electron chi connectivity index (χ3n) is 6.57. The Labute approximate surface area is 195 Å². The molecule has 1 aromatic heterocycles. The molecule has 0 aromatic carbocycles. The zero-order valence-electron chi connectivity index (χ0n) is 20.7. The SMILES string of the molecule is [2H][C@@]1(C(=O)O[C@H](C)CC(=O)N(C)CC(=O)OCC)C[C@H]2C[C@@H](CCc3nn[nH]n3)CC[C@H]2CN1. The molecule has 1 saturated carbocycles. The molecule has 0 radical (unpaired) electrons. The number of likely N-dealkylation sites (N-methyl/N-ethyl adjacent to an activating group) is 1. The van der Waals surface area contributed by atoms with Gasteiger partial charge in [0.2, 0.25) is 5.91 Å². The van der Waals surface area contributed by atoms with Crippen LogP contribution in [-0.2, 0) is 30.3 Å². The Bertz CT molecular complexity index is 840. The van der Waals surface area contributed by atoms with Gasteiger partial charge in [-0.3, -0.25) is 14.4 Å². The Balaban J connectivity index is 1.47. The second-order valence-corrected chi connectivity index (χ2v) is 9.10. The number of aromatic amines is 1. The fourth-order valence-corrected chi connectivity index (χ4v) is 4.76. The van der Waals surface area contributed by atoms with Crippen molar-refractivity contribution in [3.63, 3.8) is 0 Å². The molecule has 2 heterocycles. The standard InChI is InChI=1S/C22H36N6O5/c1-4-32-21(30)13-28(3)20(29)9-14(2)33-22(31)18-11-17-10-15(5-7-16(17)12-23-18)6-8-19-24-26-27-25-19/h14-18,23H,4-13H2,1-3H3,(H,24,25,26,27)/t14-,15-,16+,17-,18+/m1/s1/i18D. The first kappa shape index (κ1) is 23.6. The summed E-state index contributed by atoms with van der Waals surface area (Å²) in [5.41, 5.74) is 0. The maximum absolute atomic E-state index is 12.9. The van der Waals surface area contributed by atoms with Crippen LogP contribution in [0.2, 0.25) is 0 Å². The van der Waals surface area contributed by atoms with E-state index >= 15 is 0 Å². The Kier molecular flexibility index (Phi) is 8.62. The van der Waals surface area contributed by atoms with Gasteiger partial charge in [-0.15, -0.1) is 10.2 Å². The molecule has 0 bridgehead atoms. The van der Waals surface area contributed by atoms with Gasteiger partial charge in [0.25, 0.3) is 0 Å². The van der Waals surface area contributed by atoms with Crippen LogP contribution >= 0.6 is 0 Å². The number of ether oxygens (including phenoxy) is 2. The molecular formula is C22H36N6O5. The second kappa shape index (κ2) is 12.1. The van der Waals surface area contributed by atoms with Gasteiger partial charge in [-0.2, -0.15) is 5.21 Å². The minimum absolute atomic E-state index is 0.0675. The van der Waals surface area contributed by atoms with Gasteiger partial charge in [0, 0.05) is 13.5 Å². The highest BCUT2D eigenvalue weighted by molar-refractivity contribution is 5.82. The summed E-state index contributed by atoms with van der Waals surface area (Å²) in [5.74, 6) is 0.448. The average Bonchev–Trinajstić information content (AvgIpc) is 3.31. The third-order valence-corrected chi connectivity index (χ3v) is 6.57. The predicted molar refractivity (Wildman–Crippen MR) is 118 cm³/mol. The lowest BCUT2D eigenvalue weighted by Crippen LogP contribution is -2.50. The van der Waals surface area contributed by atoms with Gasteiger partial charge < -0.3 is 19.7 Å². The maximum Gasteiger partial charge on any atom is 0.325 e. The first-order valence-electron chi connectivity index (χ1n) is 12.3. The number of carbonyl (C=O) groups excluding carboxylic acids is 3. The molecule has 5 atom stereocenters. The zero-order chi connectivity index (χ0) is 24.7. The van der Waals surface area contributed by atoms with Crippen LogP contribution in [0.15, 0.2) is 0 Å². The number of rotatable bonds is 10. The third kappa shape index (κ3) is 7.48. The van der Waals surface area contributed by atoms with Crippen molar-refractivity contribution in [3.8, 4) is 0 Å². The number of H-pyrrole nitrogens is 1. The van der Waals surface area contributed by atoms with Crippen molar-refractivity contribution in [3.05, 3.63) is 5.82 Å². The zero-order valence-corrected chi connectivity index (χ0v) is 19.7. The lowest BCUT2D eigenvalue weighted by Gasteiger charge is -2.42. The predicted octanol–water partition coefficient (Wildman–Crippen LogP) is 0.870. The van der Waals surface area contributed by atoms with Crippen LogP contribution < -0.4 is 5.32 Å². The van der Waals surface area contributed by atoms with Crippen molar-refractivity contribution in [2.24, 2.45) is 17.8 Å². The maximum atomic E-state index is 12.9. The number of aromatic nitrogens is 4. The molecule has 184 valence electrons. The Morgan fingerprint density at radius 1 is 1.27 bits per heavy atom. The topological polar surface area (TPSA) is 139 Å². The van der Waals surface area contributed by atoms with Crippen LogP contribution in [0.3, 0.4) is 0 Å². The van der Waals surface area contributed by atoms with Crippen molar-refractivity contribution in [1.82, 2.24) is 30.8 Å². The smallest absolute Gasteiger partial charge is 0.325 e. The van der Waals surface area contributed by atoms with Crippen molar-refractivity contribution in [2.75, 3.05) is 26.7 Å². The van der Waals surface area contributed by atoms with Gasteiger partial charge in [0.1, 0.15) is 18.7 Å². The number of amides is 1. The number of tetrazole rings is 1. The summed E-state index contributed by atoms with van der Waals surface area (Å²) in [6.07, 6.45) is 4.49. The number of nitrogens with one attached hydrogen (secondary N) is 2. The number of carbonyl (C=O) groups is 3. The van der Waals surface area contributed by atoms with E-state index in [1.807, 2.05) is 0 Å². The minimum atomic E-state index is -1.52. The summed E-state index contributed by atoms with van der Waals surface area (Å²) in [6, 6.07) is -1.52. The lowest BCUT2D eigenvalue weighted by molar-refractivity contribution is -0.156. The summed E-state index contributed by atoms with van der Waals surface area (Å²) in [4.78, 5) is 38.0. The molecule has 1 aliphatic carbocycles. The van der Waals surface area contributed by atoms with E-state index in [0.717, 1.165) is 32.1 Å². The number of nitrogens with zero attached hydrogens (tertiary/aromatic N) is 4. The van der Waals surface area contributed by atoms with Gasteiger partial charge >= 0.3 is 11.9 Å². The van der Waals surface area contributed by atoms with Gasteiger partial charge in [-0.25, -0.2) is 0 Å². The van der Waals surface area contributed by atoms with Gasteiger partial charge in [0.05, 0.1) is 14.4 Å². The monoisotopic (exact) mass is 465 g/mol. The number of hydrogen-bond donors (Lipinski definition) is 2. The van der Waals surface area contributed by atoms with Gasteiger partial charge in [-0.1, -0.05) is 11.6 Å². The Hall–Kier alpha value is -2.56. The number of esters is 2. The van der Waals surface area contributed by atoms with E-state index in [4.69, 9.17) is 10.8 Å². The molecule has 11 heteroatoms. The largest absolute Gasteiger partial charge is 0.465 e. The van der Waals surface area contributed by atoms with Crippen LogP contribution in [0.1, 0.15) is 59.6 Å². The summed E-state index contributed by atoms with van der Waals surface area (Å²) in [6.45, 7) is 4.01. The van der Waals surface area contributed by atoms with E-state index in [2.05, 4.69) is 25.9 Å². The van der Waals surface area contributed by atoms with E-state index in [0.29, 0.717) is 30.6 Å². The average molecular weight is 466 g/mol. The summed E-state index contributed by atoms with van der Waals surface area (Å²) >= 11 is 0. The molecule has 3 rings (SSSR count). The molecule has 11 nitrogen and oxygen atoms in total.